The normalized spacial score (nSPS) is 31.1. The molecular formula is C13H24N2. The predicted octanol–water partition coefficient (Wildman–Crippen LogP) is 1.97. The van der Waals surface area contributed by atoms with E-state index in [-0.39, 0.29) is 0 Å². The van der Waals surface area contributed by atoms with Crippen molar-refractivity contribution >= 4 is 0 Å². The van der Waals surface area contributed by atoms with Gasteiger partial charge in [-0.3, -0.25) is 0 Å². The molecule has 3 unspecified atom stereocenters. The first kappa shape index (κ1) is 12.5. The lowest BCUT2D eigenvalue weighted by atomic mass is 9.87. The molecule has 0 aromatic rings. The van der Waals surface area contributed by atoms with Gasteiger partial charge in [-0.1, -0.05) is 13.8 Å². The lowest BCUT2D eigenvalue weighted by Gasteiger charge is -2.35. The van der Waals surface area contributed by atoms with E-state index in [4.69, 9.17) is 6.42 Å². The average Bonchev–Trinajstić information content (AvgIpc) is 2.24. The van der Waals surface area contributed by atoms with E-state index in [1.165, 1.54) is 12.8 Å². The smallest absolute Gasteiger partial charge is 0.0600 e. The van der Waals surface area contributed by atoms with E-state index in [1.54, 1.807) is 0 Å². The van der Waals surface area contributed by atoms with Crippen molar-refractivity contribution in [3.05, 3.63) is 0 Å². The third-order valence-corrected chi connectivity index (χ3v) is 3.50. The summed E-state index contributed by atoms with van der Waals surface area (Å²) in [5.41, 5.74) is 0. The van der Waals surface area contributed by atoms with E-state index in [0.717, 1.165) is 37.8 Å². The highest BCUT2D eigenvalue weighted by molar-refractivity contribution is 4.83. The van der Waals surface area contributed by atoms with Gasteiger partial charge in [-0.2, -0.15) is 0 Å². The van der Waals surface area contributed by atoms with Crippen LogP contribution in [0.25, 0.3) is 0 Å². The molecule has 1 saturated heterocycles. The van der Waals surface area contributed by atoms with Crippen LogP contribution in [-0.4, -0.2) is 19.3 Å². The molecule has 0 bridgehead atoms. The highest BCUT2D eigenvalue weighted by atomic mass is 15.1. The molecule has 86 valence electrons. The summed E-state index contributed by atoms with van der Waals surface area (Å²) in [7, 11) is 0. The van der Waals surface area contributed by atoms with Crippen molar-refractivity contribution in [1.82, 2.24) is 10.6 Å². The summed E-state index contributed by atoms with van der Waals surface area (Å²) in [5.74, 6) is 4.23. The number of piperidine rings is 1. The maximum absolute atomic E-state index is 5.21. The van der Waals surface area contributed by atoms with Crippen LogP contribution in [0.15, 0.2) is 0 Å². The Kier molecular flexibility index (Phi) is 5.75. The van der Waals surface area contributed by atoms with Crippen molar-refractivity contribution in [2.45, 2.75) is 45.7 Å². The van der Waals surface area contributed by atoms with Gasteiger partial charge in [0.25, 0.3) is 0 Å². The molecule has 3 atom stereocenters. The topological polar surface area (TPSA) is 24.1 Å². The first-order chi connectivity index (χ1) is 7.25. The highest BCUT2D eigenvalue weighted by Crippen LogP contribution is 2.21. The predicted molar refractivity (Wildman–Crippen MR) is 65.4 cm³/mol. The third-order valence-electron chi connectivity index (χ3n) is 3.50. The van der Waals surface area contributed by atoms with Gasteiger partial charge in [-0.25, -0.2) is 0 Å². The van der Waals surface area contributed by atoms with Crippen LogP contribution >= 0.6 is 0 Å². The maximum Gasteiger partial charge on any atom is 0.0600 e. The monoisotopic (exact) mass is 208 g/mol. The van der Waals surface area contributed by atoms with Gasteiger partial charge in [0, 0.05) is 6.42 Å². The number of unbranched alkanes of at least 4 members (excludes halogenated alkanes) is 2. The molecule has 2 heteroatoms. The number of terminal acetylenes is 1. The Morgan fingerprint density at radius 3 is 2.93 bits per heavy atom. The average molecular weight is 208 g/mol. The van der Waals surface area contributed by atoms with Crippen molar-refractivity contribution in [2.24, 2.45) is 11.8 Å². The largest absolute Gasteiger partial charge is 0.302 e. The first-order valence-electron chi connectivity index (χ1n) is 6.16. The summed E-state index contributed by atoms with van der Waals surface area (Å²) >= 11 is 0. The fourth-order valence-corrected chi connectivity index (χ4v) is 2.11. The van der Waals surface area contributed by atoms with Crippen molar-refractivity contribution in [1.29, 1.82) is 0 Å². The Hall–Kier alpha value is -0.520. The summed E-state index contributed by atoms with van der Waals surface area (Å²) in [5, 5.41) is 7.12. The minimum atomic E-state index is 0.500. The molecular weight excluding hydrogens is 184 g/mol. The van der Waals surface area contributed by atoms with Crippen LogP contribution in [0.2, 0.25) is 0 Å². The zero-order valence-electron chi connectivity index (χ0n) is 10.1. The lowest BCUT2D eigenvalue weighted by Crippen LogP contribution is -2.52. The van der Waals surface area contributed by atoms with Crippen molar-refractivity contribution in [2.75, 3.05) is 13.1 Å². The van der Waals surface area contributed by atoms with Gasteiger partial charge in [0.2, 0.25) is 0 Å². The molecule has 0 amide bonds. The fraction of sp³-hybridized carbons (Fsp3) is 0.846. The molecule has 0 saturated carbocycles. The van der Waals surface area contributed by atoms with E-state index in [9.17, 15) is 0 Å². The Balaban J connectivity index is 2.12. The molecule has 1 aliphatic heterocycles. The second kappa shape index (κ2) is 6.87. The van der Waals surface area contributed by atoms with Gasteiger partial charge in [0.1, 0.15) is 0 Å². The molecule has 0 aliphatic carbocycles. The molecule has 15 heavy (non-hydrogen) atoms. The summed E-state index contributed by atoms with van der Waals surface area (Å²) in [6.07, 6.45) is 10.2. The first-order valence-corrected chi connectivity index (χ1v) is 6.16. The van der Waals surface area contributed by atoms with Gasteiger partial charge in [0.15, 0.2) is 0 Å². The Bertz CT molecular complexity index is 207. The van der Waals surface area contributed by atoms with Gasteiger partial charge in [0.05, 0.1) is 6.17 Å². The second-order valence-electron chi connectivity index (χ2n) is 4.67. The highest BCUT2D eigenvalue weighted by Gasteiger charge is 2.25. The molecule has 0 radical (unpaired) electrons. The Labute approximate surface area is 94.2 Å². The van der Waals surface area contributed by atoms with Crippen LogP contribution in [0, 0.1) is 24.2 Å². The summed E-state index contributed by atoms with van der Waals surface area (Å²) < 4.78 is 0. The van der Waals surface area contributed by atoms with Crippen molar-refractivity contribution in [3.8, 4) is 12.3 Å². The van der Waals surface area contributed by atoms with E-state index in [1.807, 2.05) is 0 Å². The lowest BCUT2D eigenvalue weighted by molar-refractivity contribution is 0.190. The maximum atomic E-state index is 5.21. The van der Waals surface area contributed by atoms with Crippen LogP contribution in [0.4, 0.5) is 0 Å². The molecule has 2 N–H and O–H groups in total. The Morgan fingerprint density at radius 1 is 1.40 bits per heavy atom. The van der Waals surface area contributed by atoms with Crippen LogP contribution < -0.4 is 10.6 Å². The van der Waals surface area contributed by atoms with Crippen LogP contribution in [0.5, 0.6) is 0 Å². The van der Waals surface area contributed by atoms with E-state index >= 15 is 0 Å². The molecule has 1 heterocycles. The SMILES string of the molecule is C#CCCCCNC1NCCC(C)C1C. The van der Waals surface area contributed by atoms with Crippen LogP contribution in [-0.2, 0) is 0 Å². The zero-order valence-corrected chi connectivity index (χ0v) is 10.1. The van der Waals surface area contributed by atoms with Gasteiger partial charge < -0.3 is 10.6 Å². The fourth-order valence-electron chi connectivity index (χ4n) is 2.11. The number of rotatable bonds is 5. The molecule has 0 aromatic heterocycles. The molecule has 0 aromatic carbocycles. The quantitative estimate of drug-likeness (QED) is 0.533. The van der Waals surface area contributed by atoms with Crippen molar-refractivity contribution in [3.63, 3.8) is 0 Å². The van der Waals surface area contributed by atoms with E-state index in [2.05, 4.69) is 30.4 Å². The van der Waals surface area contributed by atoms with Crippen LogP contribution in [0.1, 0.15) is 39.5 Å². The molecule has 1 fully saturated rings. The second-order valence-corrected chi connectivity index (χ2v) is 4.67. The summed E-state index contributed by atoms with van der Waals surface area (Å²) in [6.45, 7) is 6.90. The van der Waals surface area contributed by atoms with Crippen LogP contribution in [0.3, 0.4) is 0 Å². The third kappa shape index (κ3) is 4.24. The number of hydrogen-bond donors (Lipinski definition) is 2. The molecule has 1 aliphatic rings. The summed E-state index contributed by atoms with van der Waals surface area (Å²) in [6, 6.07) is 0. The standard InChI is InChI=1S/C13H24N2/c1-4-5-6-7-9-14-13-12(3)11(2)8-10-15-13/h1,11-15H,5-10H2,2-3H3. The molecule has 0 spiro atoms. The number of nitrogens with one attached hydrogen (secondary N) is 2. The zero-order chi connectivity index (χ0) is 11.1. The minimum Gasteiger partial charge on any atom is -0.302 e. The summed E-state index contributed by atoms with van der Waals surface area (Å²) in [4.78, 5) is 0. The number of hydrogen-bond acceptors (Lipinski definition) is 2. The Morgan fingerprint density at radius 2 is 2.20 bits per heavy atom. The van der Waals surface area contributed by atoms with Crippen molar-refractivity contribution < 1.29 is 0 Å². The minimum absolute atomic E-state index is 0.500. The molecule has 1 rings (SSSR count). The molecule has 2 nitrogen and oxygen atoms in total. The van der Waals surface area contributed by atoms with Gasteiger partial charge in [-0.05, 0) is 44.2 Å². The van der Waals surface area contributed by atoms with E-state index in [0.29, 0.717) is 6.17 Å². The van der Waals surface area contributed by atoms with Gasteiger partial charge >= 0.3 is 0 Å². The van der Waals surface area contributed by atoms with E-state index < -0.39 is 0 Å². The van der Waals surface area contributed by atoms with Gasteiger partial charge in [-0.15, -0.1) is 12.3 Å².